The maximum absolute atomic E-state index is 12.3. The predicted octanol–water partition coefficient (Wildman–Crippen LogP) is 4.66. The largest absolute Gasteiger partial charge is 0.545 e. The first-order valence-electron chi connectivity index (χ1n) is 11.1. The molecular formula is C27H28N3O2-. The summed E-state index contributed by atoms with van der Waals surface area (Å²) in [6, 6.07) is 11.5. The summed E-state index contributed by atoms with van der Waals surface area (Å²) in [6.45, 7) is 8.66. The Morgan fingerprint density at radius 2 is 2.06 bits per heavy atom. The Bertz CT molecular complexity index is 1300. The highest BCUT2D eigenvalue weighted by atomic mass is 16.4. The maximum Gasteiger partial charge on any atom is 0.120 e. The summed E-state index contributed by atoms with van der Waals surface area (Å²) < 4.78 is 1.88. The standard InChI is InChI=1S/C27H29N3O2/c1-6-27(3,4)19-12-18(11-17-13-20(15-28)30(5)16(17)2)25-22(14-19)24(26(31)32)21-9-7-8-10-23(21)29-25/h7-11,13,19H,6,12,14H2,1-5H3,(H,31,32)/p-1/b18-11-/t19-/m1/s1. The number of nitrogens with zero attached hydrogens (tertiary/aromatic N) is 3. The van der Waals surface area contributed by atoms with Gasteiger partial charge in [-0.05, 0) is 66.0 Å². The molecule has 3 aromatic rings. The van der Waals surface area contributed by atoms with E-state index in [4.69, 9.17) is 4.98 Å². The van der Waals surface area contributed by atoms with Crippen molar-refractivity contribution in [1.29, 1.82) is 5.26 Å². The first kappa shape index (κ1) is 21.8. The second kappa shape index (κ2) is 7.94. The third-order valence-electron chi connectivity index (χ3n) is 7.45. The SMILES string of the molecule is CCC(C)(C)[C@@H]1C/C(=C/c2cc(C#N)n(C)c2C)c2nc3ccccc3c(C(=O)[O-])c2C1. The van der Waals surface area contributed by atoms with Crippen molar-refractivity contribution in [2.45, 2.75) is 47.0 Å². The van der Waals surface area contributed by atoms with Gasteiger partial charge >= 0.3 is 0 Å². The first-order valence-corrected chi connectivity index (χ1v) is 11.1. The van der Waals surface area contributed by atoms with E-state index in [1.807, 2.05) is 48.9 Å². The molecule has 1 atom stereocenters. The Labute approximate surface area is 189 Å². The van der Waals surface area contributed by atoms with E-state index in [0.29, 0.717) is 23.0 Å². The number of carbonyl (C=O) groups excluding carboxylic acids is 1. The zero-order valence-corrected chi connectivity index (χ0v) is 19.3. The van der Waals surface area contributed by atoms with E-state index >= 15 is 0 Å². The molecule has 0 saturated heterocycles. The Hall–Kier alpha value is -3.39. The fourth-order valence-corrected chi connectivity index (χ4v) is 4.76. The molecule has 0 bridgehead atoms. The minimum Gasteiger partial charge on any atom is -0.545 e. The second-order valence-corrected chi connectivity index (χ2v) is 9.48. The van der Waals surface area contributed by atoms with Gasteiger partial charge in [-0.3, -0.25) is 0 Å². The quantitative estimate of drug-likeness (QED) is 0.608. The Balaban J connectivity index is 2.02. The van der Waals surface area contributed by atoms with Crippen LogP contribution in [0.2, 0.25) is 0 Å². The van der Waals surface area contributed by atoms with Crippen LogP contribution >= 0.6 is 0 Å². The topological polar surface area (TPSA) is 81.7 Å². The Kier molecular flexibility index (Phi) is 5.42. The molecule has 164 valence electrons. The lowest BCUT2D eigenvalue weighted by atomic mass is 9.67. The number of aromatic carboxylic acids is 1. The number of carboxylic acid groups (broad SMARTS) is 1. The molecule has 32 heavy (non-hydrogen) atoms. The molecule has 0 unspecified atom stereocenters. The zero-order valence-electron chi connectivity index (χ0n) is 19.3. The molecule has 1 aliphatic carbocycles. The number of benzene rings is 1. The molecule has 4 rings (SSSR count). The van der Waals surface area contributed by atoms with E-state index in [1.165, 1.54) is 0 Å². The van der Waals surface area contributed by atoms with E-state index in [1.54, 1.807) is 0 Å². The number of carbonyl (C=O) groups is 1. The third kappa shape index (κ3) is 3.50. The third-order valence-corrected chi connectivity index (χ3v) is 7.45. The van der Waals surface area contributed by atoms with Crippen molar-refractivity contribution in [2.24, 2.45) is 18.4 Å². The van der Waals surface area contributed by atoms with Crippen LogP contribution in [0.15, 0.2) is 30.3 Å². The molecule has 0 fully saturated rings. The number of rotatable bonds is 4. The van der Waals surface area contributed by atoms with Gasteiger partial charge in [-0.25, -0.2) is 4.98 Å². The average Bonchev–Trinajstić information content (AvgIpc) is 3.05. The summed E-state index contributed by atoms with van der Waals surface area (Å²) in [7, 11) is 1.88. The van der Waals surface area contributed by atoms with Crippen molar-refractivity contribution in [2.75, 3.05) is 0 Å². The summed E-state index contributed by atoms with van der Waals surface area (Å²) in [5.74, 6) is -0.886. The highest BCUT2D eigenvalue weighted by Crippen LogP contribution is 2.46. The minimum absolute atomic E-state index is 0.0369. The normalized spacial score (nSPS) is 17.4. The Morgan fingerprint density at radius 1 is 1.34 bits per heavy atom. The van der Waals surface area contributed by atoms with Crippen molar-refractivity contribution < 1.29 is 9.90 Å². The lowest BCUT2D eigenvalue weighted by molar-refractivity contribution is -0.254. The lowest BCUT2D eigenvalue weighted by Gasteiger charge is -2.39. The van der Waals surface area contributed by atoms with Crippen molar-refractivity contribution in [1.82, 2.24) is 9.55 Å². The van der Waals surface area contributed by atoms with E-state index in [0.717, 1.165) is 40.9 Å². The van der Waals surface area contributed by atoms with Crippen LogP contribution in [0.1, 0.15) is 72.2 Å². The van der Waals surface area contributed by atoms with Gasteiger partial charge in [0.2, 0.25) is 0 Å². The number of allylic oxidation sites excluding steroid dienone is 1. The molecule has 0 saturated carbocycles. The molecule has 0 spiro atoms. The summed E-state index contributed by atoms with van der Waals surface area (Å²) in [4.78, 5) is 17.2. The van der Waals surface area contributed by atoms with Crippen LogP contribution in [0, 0.1) is 29.6 Å². The molecule has 0 aliphatic heterocycles. The van der Waals surface area contributed by atoms with Gasteiger partial charge in [-0.15, -0.1) is 0 Å². The number of hydrogen-bond acceptors (Lipinski definition) is 4. The van der Waals surface area contributed by atoms with Gasteiger partial charge in [0.15, 0.2) is 0 Å². The number of nitriles is 1. The number of aromatic nitrogens is 2. The highest BCUT2D eigenvalue weighted by Gasteiger charge is 2.35. The minimum atomic E-state index is -1.16. The highest BCUT2D eigenvalue weighted by molar-refractivity contribution is 6.05. The first-order chi connectivity index (χ1) is 15.2. The van der Waals surface area contributed by atoms with Crippen LogP contribution in [-0.4, -0.2) is 15.5 Å². The molecule has 2 heterocycles. The lowest BCUT2D eigenvalue weighted by Crippen LogP contribution is -2.32. The number of pyridine rings is 1. The van der Waals surface area contributed by atoms with Crippen LogP contribution in [-0.2, 0) is 13.5 Å². The van der Waals surface area contributed by atoms with Crippen LogP contribution in [0.3, 0.4) is 0 Å². The van der Waals surface area contributed by atoms with Gasteiger partial charge in [0.25, 0.3) is 0 Å². The zero-order chi connectivity index (χ0) is 23.2. The average molecular weight is 427 g/mol. The molecule has 0 radical (unpaired) electrons. The number of fused-ring (bicyclic) bond motifs is 2. The van der Waals surface area contributed by atoms with Gasteiger partial charge in [0.05, 0.1) is 17.2 Å². The molecule has 0 amide bonds. The van der Waals surface area contributed by atoms with Crippen LogP contribution < -0.4 is 5.11 Å². The number of para-hydroxylation sites is 1. The predicted molar refractivity (Wildman–Crippen MR) is 125 cm³/mol. The smallest absolute Gasteiger partial charge is 0.120 e. The van der Waals surface area contributed by atoms with Gasteiger partial charge in [-0.1, -0.05) is 45.4 Å². The summed E-state index contributed by atoms with van der Waals surface area (Å²) >= 11 is 0. The van der Waals surface area contributed by atoms with Gasteiger partial charge < -0.3 is 14.5 Å². The van der Waals surface area contributed by atoms with E-state index < -0.39 is 5.97 Å². The molecule has 1 aliphatic rings. The number of carboxylic acids is 1. The van der Waals surface area contributed by atoms with Crippen molar-refractivity contribution in [3.05, 3.63) is 64.1 Å². The van der Waals surface area contributed by atoms with Crippen LogP contribution in [0.4, 0.5) is 0 Å². The van der Waals surface area contributed by atoms with E-state index in [-0.39, 0.29) is 16.9 Å². The van der Waals surface area contributed by atoms with Crippen molar-refractivity contribution >= 4 is 28.5 Å². The van der Waals surface area contributed by atoms with Crippen molar-refractivity contribution in [3.63, 3.8) is 0 Å². The molecular weight excluding hydrogens is 398 g/mol. The summed E-state index contributed by atoms with van der Waals surface area (Å²) in [5.41, 5.74) is 6.03. The van der Waals surface area contributed by atoms with Gasteiger partial charge in [0.1, 0.15) is 11.8 Å². The Morgan fingerprint density at radius 3 is 2.69 bits per heavy atom. The summed E-state index contributed by atoms with van der Waals surface area (Å²) in [6.07, 6.45) is 4.55. The monoisotopic (exact) mass is 426 g/mol. The molecule has 1 aromatic carbocycles. The summed E-state index contributed by atoms with van der Waals surface area (Å²) in [5, 5.41) is 22.4. The molecule has 5 heteroatoms. The van der Waals surface area contributed by atoms with Crippen LogP contribution in [0.25, 0.3) is 22.6 Å². The van der Waals surface area contributed by atoms with Crippen LogP contribution in [0.5, 0.6) is 0 Å². The maximum atomic E-state index is 12.3. The van der Waals surface area contributed by atoms with Gasteiger partial charge in [0, 0.05) is 23.7 Å². The molecule has 2 aromatic heterocycles. The second-order valence-electron chi connectivity index (χ2n) is 9.48. The van der Waals surface area contributed by atoms with Gasteiger partial charge in [-0.2, -0.15) is 5.26 Å². The molecule has 5 nitrogen and oxygen atoms in total. The van der Waals surface area contributed by atoms with E-state index in [9.17, 15) is 15.2 Å². The fourth-order valence-electron chi connectivity index (χ4n) is 4.76. The number of hydrogen-bond donors (Lipinski definition) is 0. The molecule has 0 N–H and O–H groups in total. The van der Waals surface area contributed by atoms with Crippen molar-refractivity contribution in [3.8, 4) is 6.07 Å². The fraction of sp³-hybridized carbons (Fsp3) is 0.370. The van der Waals surface area contributed by atoms with E-state index in [2.05, 4.69) is 32.9 Å².